The maximum Gasteiger partial charge on any atom is 0.191 e. The molecule has 0 aromatic heterocycles. The van der Waals surface area contributed by atoms with E-state index in [1.807, 2.05) is 37.3 Å². The van der Waals surface area contributed by atoms with E-state index in [1.54, 1.807) is 19.2 Å². The first-order valence-electron chi connectivity index (χ1n) is 9.36. The van der Waals surface area contributed by atoms with Crippen molar-refractivity contribution in [2.45, 2.75) is 25.2 Å². The van der Waals surface area contributed by atoms with Crippen molar-refractivity contribution in [3.8, 4) is 5.75 Å². The van der Waals surface area contributed by atoms with Gasteiger partial charge in [0.25, 0.3) is 0 Å². The smallest absolute Gasteiger partial charge is 0.191 e. The highest BCUT2D eigenvalue weighted by Gasteiger charge is 2.10. The highest BCUT2D eigenvalue weighted by molar-refractivity contribution is 14.0. The molecule has 0 radical (unpaired) electrons. The quantitative estimate of drug-likeness (QED) is 0.278. The van der Waals surface area contributed by atoms with E-state index in [0.29, 0.717) is 36.3 Å². The van der Waals surface area contributed by atoms with Gasteiger partial charge in [-0.05, 0) is 24.1 Å². The fourth-order valence-corrected chi connectivity index (χ4v) is 3.59. The first kappa shape index (κ1) is 25.4. The number of halogens is 2. The summed E-state index contributed by atoms with van der Waals surface area (Å²) in [4.78, 5) is 4.18. The zero-order chi connectivity index (χ0) is 20.2. The second kappa shape index (κ2) is 14.3. The highest BCUT2D eigenvalue weighted by Crippen LogP contribution is 2.14. The lowest BCUT2D eigenvalue weighted by Gasteiger charge is -2.20. The molecule has 0 amide bonds. The fraction of sp³-hybridized carbons (Fsp3) is 0.381. The molecule has 2 N–H and O–H groups in total. The molecule has 160 valence electrons. The van der Waals surface area contributed by atoms with Crippen LogP contribution >= 0.6 is 24.0 Å². The van der Waals surface area contributed by atoms with Crippen molar-refractivity contribution in [1.82, 2.24) is 10.6 Å². The lowest BCUT2D eigenvalue weighted by molar-refractivity contribution is 0.199. The van der Waals surface area contributed by atoms with Crippen molar-refractivity contribution < 1.29 is 13.3 Å². The van der Waals surface area contributed by atoms with Gasteiger partial charge >= 0.3 is 0 Å². The molecule has 29 heavy (non-hydrogen) atoms. The highest BCUT2D eigenvalue weighted by atomic mass is 127. The van der Waals surface area contributed by atoms with Crippen molar-refractivity contribution in [3.05, 3.63) is 66.0 Å². The van der Waals surface area contributed by atoms with E-state index in [1.165, 1.54) is 12.1 Å². The molecule has 0 fully saturated rings. The number of aliphatic imine (C=N–C) groups is 1. The summed E-state index contributed by atoms with van der Waals surface area (Å²) >= 11 is 0. The minimum Gasteiger partial charge on any atom is -0.489 e. The number of ether oxygens (including phenoxy) is 1. The molecule has 2 aromatic rings. The largest absolute Gasteiger partial charge is 0.489 e. The van der Waals surface area contributed by atoms with Gasteiger partial charge in [-0.1, -0.05) is 43.3 Å². The SMILES string of the molecule is CCC(CNC(=NC)NCCS(=O)Cc1ccccc1)Oc1cccc(F)c1.I. The maximum atomic E-state index is 13.3. The van der Waals surface area contributed by atoms with Crippen LogP contribution < -0.4 is 15.4 Å². The van der Waals surface area contributed by atoms with E-state index in [9.17, 15) is 8.60 Å². The van der Waals surface area contributed by atoms with Crippen molar-refractivity contribution >= 4 is 40.7 Å². The van der Waals surface area contributed by atoms with E-state index >= 15 is 0 Å². The molecule has 0 heterocycles. The van der Waals surface area contributed by atoms with Gasteiger partial charge in [-0.15, -0.1) is 24.0 Å². The van der Waals surface area contributed by atoms with Gasteiger partial charge in [-0.25, -0.2) is 4.39 Å². The molecule has 8 heteroatoms. The van der Waals surface area contributed by atoms with Gasteiger partial charge in [0.05, 0.1) is 6.54 Å². The van der Waals surface area contributed by atoms with Crippen LogP contribution in [0.2, 0.25) is 0 Å². The number of guanidine groups is 1. The Hall–Kier alpha value is -1.68. The molecule has 0 aliphatic rings. The number of nitrogens with zero attached hydrogens (tertiary/aromatic N) is 1. The van der Waals surface area contributed by atoms with Gasteiger partial charge in [-0.3, -0.25) is 9.20 Å². The Kier molecular flexibility index (Phi) is 12.5. The van der Waals surface area contributed by atoms with Crippen LogP contribution in [-0.2, 0) is 16.6 Å². The minimum absolute atomic E-state index is 0. The number of nitrogens with one attached hydrogen (secondary N) is 2. The van der Waals surface area contributed by atoms with Crippen LogP contribution in [0.15, 0.2) is 59.6 Å². The third-order valence-electron chi connectivity index (χ3n) is 4.07. The normalized spacial score (nSPS) is 13.1. The molecule has 5 nitrogen and oxygen atoms in total. The van der Waals surface area contributed by atoms with Crippen molar-refractivity contribution in [3.63, 3.8) is 0 Å². The average Bonchev–Trinajstić information content (AvgIpc) is 2.70. The van der Waals surface area contributed by atoms with Crippen LogP contribution in [0.3, 0.4) is 0 Å². The summed E-state index contributed by atoms with van der Waals surface area (Å²) in [5, 5.41) is 6.37. The Morgan fingerprint density at radius 3 is 2.59 bits per heavy atom. The molecule has 0 saturated carbocycles. The molecule has 2 aromatic carbocycles. The molecule has 0 aliphatic heterocycles. The third-order valence-corrected chi connectivity index (χ3v) is 5.38. The minimum atomic E-state index is -0.938. The Bertz CT molecular complexity index is 778. The van der Waals surface area contributed by atoms with Gasteiger partial charge in [0.1, 0.15) is 17.7 Å². The van der Waals surface area contributed by atoms with Crippen LogP contribution in [0.4, 0.5) is 4.39 Å². The second-order valence-corrected chi connectivity index (χ2v) is 7.84. The van der Waals surface area contributed by atoms with Gasteiger partial charge in [0, 0.05) is 42.0 Å². The first-order chi connectivity index (χ1) is 13.6. The second-order valence-electron chi connectivity index (χ2n) is 6.26. The standard InChI is InChI=1S/C21H28FN3O2S.HI/c1-3-19(27-20-11-7-10-18(22)14-20)15-25-21(23-2)24-12-13-28(26)16-17-8-5-4-6-9-17;/h4-11,14,19H,3,12-13,15-16H2,1-2H3,(H2,23,24,25);1H. The van der Waals surface area contributed by atoms with Crippen molar-refractivity contribution in [2.75, 3.05) is 25.9 Å². The molecule has 2 unspecified atom stereocenters. The van der Waals surface area contributed by atoms with E-state index in [0.717, 1.165) is 12.0 Å². The number of benzene rings is 2. The van der Waals surface area contributed by atoms with Crippen LogP contribution in [-0.4, -0.2) is 42.2 Å². The van der Waals surface area contributed by atoms with E-state index in [2.05, 4.69) is 15.6 Å². The van der Waals surface area contributed by atoms with E-state index in [-0.39, 0.29) is 35.9 Å². The van der Waals surface area contributed by atoms with Crippen LogP contribution in [0.1, 0.15) is 18.9 Å². The summed E-state index contributed by atoms with van der Waals surface area (Å²) < 4.78 is 31.3. The molecule has 2 rings (SSSR count). The Morgan fingerprint density at radius 2 is 1.93 bits per heavy atom. The lowest BCUT2D eigenvalue weighted by atomic mass is 10.2. The van der Waals surface area contributed by atoms with Crippen molar-refractivity contribution in [1.29, 1.82) is 0 Å². The monoisotopic (exact) mass is 533 g/mol. The molecular formula is C21H29FIN3O2S. The summed E-state index contributed by atoms with van der Waals surface area (Å²) in [6.07, 6.45) is 0.647. The van der Waals surface area contributed by atoms with Gasteiger partial charge in [-0.2, -0.15) is 0 Å². The van der Waals surface area contributed by atoms with E-state index in [4.69, 9.17) is 4.74 Å². The van der Waals surface area contributed by atoms with Gasteiger partial charge in [0.15, 0.2) is 5.96 Å². The summed E-state index contributed by atoms with van der Waals surface area (Å²) in [7, 11) is 0.747. The molecular weight excluding hydrogens is 504 g/mol. The Balaban J connectivity index is 0.00000420. The molecule has 0 aliphatic carbocycles. The zero-order valence-electron chi connectivity index (χ0n) is 16.8. The molecule has 0 bridgehead atoms. The third kappa shape index (κ3) is 10.1. The van der Waals surface area contributed by atoms with Crippen molar-refractivity contribution in [2.24, 2.45) is 4.99 Å². The zero-order valence-corrected chi connectivity index (χ0v) is 19.9. The van der Waals surface area contributed by atoms with Gasteiger partial charge < -0.3 is 15.4 Å². The molecule has 2 atom stereocenters. The lowest BCUT2D eigenvalue weighted by Crippen LogP contribution is -2.43. The number of hydrogen-bond donors (Lipinski definition) is 2. The predicted molar refractivity (Wildman–Crippen MR) is 129 cm³/mol. The van der Waals surface area contributed by atoms with Crippen LogP contribution in [0.5, 0.6) is 5.75 Å². The molecule has 0 spiro atoms. The Labute approximate surface area is 192 Å². The van der Waals surface area contributed by atoms with E-state index < -0.39 is 10.8 Å². The maximum absolute atomic E-state index is 13.3. The first-order valence-corrected chi connectivity index (χ1v) is 10.8. The predicted octanol–water partition coefficient (Wildman–Crippen LogP) is 3.72. The average molecular weight is 533 g/mol. The summed E-state index contributed by atoms with van der Waals surface area (Å²) in [6.45, 7) is 3.09. The summed E-state index contributed by atoms with van der Waals surface area (Å²) in [6, 6.07) is 15.9. The topological polar surface area (TPSA) is 62.7 Å². The number of hydrogen-bond acceptors (Lipinski definition) is 3. The summed E-state index contributed by atoms with van der Waals surface area (Å²) in [5.74, 6) is 1.90. The van der Waals surface area contributed by atoms with Crippen LogP contribution in [0, 0.1) is 5.82 Å². The fourth-order valence-electron chi connectivity index (χ4n) is 2.55. The Morgan fingerprint density at radius 1 is 1.17 bits per heavy atom. The number of rotatable bonds is 10. The van der Waals surface area contributed by atoms with Crippen LogP contribution in [0.25, 0.3) is 0 Å². The summed E-state index contributed by atoms with van der Waals surface area (Å²) in [5.41, 5.74) is 1.07. The van der Waals surface area contributed by atoms with Gasteiger partial charge in [0.2, 0.25) is 0 Å². The molecule has 0 saturated heterocycles.